The van der Waals surface area contributed by atoms with E-state index in [1.54, 1.807) is 29.7 Å². The highest BCUT2D eigenvalue weighted by Crippen LogP contribution is 2.36. The minimum atomic E-state index is -0.394. The molecule has 2 heterocycles. The monoisotopic (exact) mass is 293 g/mol. The number of nitrogens with zero attached hydrogens (tertiary/aromatic N) is 3. The van der Waals surface area contributed by atoms with Gasteiger partial charge in [-0.15, -0.1) is 0 Å². The van der Waals surface area contributed by atoms with Crippen molar-refractivity contribution in [2.75, 3.05) is 13.6 Å². The Morgan fingerprint density at radius 3 is 2.43 bits per heavy atom. The summed E-state index contributed by atoms with van der Waals surface area (Å²) in [5.41, 5.74) is 0.197. The van der Waals surface area contributed by atoms with Crippen molar-refractivity contribution < 1.29 is 14.1 Å². The molecule has 0 aromatic carbocycles. The summed E-state index contributed by atoms with van der Waals surface area (Å²) in [5.74, 6) is 0.0494. The van der Waals surface area contributed by atoms with Crippen LogP contribution in [-0.2, 0) is 20.6 Å². The van der Waals surface area contributed by atoms with Crippen LogP contribution in [-0.4, -0.2) is 52.5 Å². The lowest BCUT2D eigenvalue weighted by Gasteiger charge is -2.32. The maximum atomic E-state index is 11.2. The van der Waals surface area contributed by atoms with E-state index >= 15 is 0 Å². The van der Waals surface area contributed by atoms with Gasteiger partial charge in [0.2, 0.25) is 5.91 Å². The number of likely N-dealkylation sites (N-methyl/N-ethyl adjacent to an activating group) is 1. The molecule has 7 heteroatoms. The second-order valence-corrected chi connectivity index (χ2v) is 6.57. The fourth-order valence-electron chi connectivity index (χ4n) is 2.01. The maximum absolute atomic E-state index is 11.2. The molecule has 1 aromatic rings. The van der Waals surface area contributed by atoms with Gasteiger partial charge in [0, 0.05) is 38.4 Å². The van der Waals surface area contributed by atoms with Gasteiger partial charge < -0.3 is 14.2 Å². The maximum Gasteiger partial charge on any atom is 0.498 e. The van der Waals surface area contributed by atoms with E-state index in [2.05, 4.69) is 5.10 Å². The average Bonchev–Trinajstić information content (AvgIpc) is 2.89. The Hall–Kier alpha value is -1.34. The number of rotatable bonds is 4. The highest BCUT2D eigenvalue weighted by Gasteiger charge is 2.52. The topological polar surface area (TPSA) is 56.6 Å². The van der Waals surface area contributed by atoms with E-state index in [4.69, 9.17) is 9.31 Å². The summed E-state index contributed by atoms with van der Waals surface area (Å²) < 4.78 is 13.8. The lowest BCUT2D eigenvalue weighted by atomic mass is 9.82. The van der Waals surface area contributed by atoms with E-state index in [1.165, 1.54) is 0 Å². The van der Waals surface area contributed by atoms with E-state index in [9.17, 15) is 4.79 Å². The molecule has 1 aliphatic heterocycles. The number of amides is 1. The number of hydrogen-bond acceptors (Lipinski definition) is 4. The van der Waals surface area contributed by atoms with Gasteiger partial charge in [0.05, 0.1) is 17.7 Å². The van der Waals surface area contributed by atoms with Crippen molar-refractivity contribution in [2.45, 2.75) is 52.4 Å². The van der Waals surface area contributed by atoms with Crippen molar-refractivity contribution in [3.8, 4) is 0 Å². The molecule has 1 aliphatic rings. The van der Waals surface area contributed by atoms with Crippen LogP contribution >= 0.6 is 0 Å². The third kappa shape index (κ3) is 3.29. The van der Waals surface area contributed by atoms with Crippen molar-refractivity contribution in [3.63, 3.8) is 0 Å². The molecule has 0 radical (unpaired) electrons. The summed E-state index contributed by atoms with van der Waals surface area (Å²) in [7, 11) is 1.38. The molecule has 0 unspecified atom stereocenters. The Morgan fingerprint density at radius 1 is 1.33 bits per heavy atom. The highest BCUT2D eigenvalue weighted by molar-refractivity contribution is 6.61. The molecule has 0 saturated carbocycles. The molecule has 1 aromatic heterocycles. The standard InChI is InChI=1S/C14H24BN3O3/c1-11(19)17(6)7-8-18-10-12(9-16-18)15-20-13(2,3)14(4,5)21-15/h9-10H,7-8H2,1-6H3. The summed E-state index contributed by atoms with van der Waals surface area (Å²) >= 11 is 0. The zero-order valence-corrected chi connectivity index (χ0v) is 13.7. The first-order valence-electron chi connectivity index (χ1n) is 7.22. The molecule has 0 aliphatic carbocycles. The second-order valence-electron chi connectivity index (χ2n) is 6.57. The van der Waals surface area contributed by atoms with Crippen LogP contribution in [0.4, 0.5) is 0 Å². The van der Waals surface area contributed by atoms with Gasteiger partial charge in [0.15, 0.2) is 0 Å². The number of carbonyl (C=O) groups is 1. The van der Waals surface area contributed by atoms with Crippen molar-refractivity contribution >= 4 is 18.5 Å². The molecule has 116 valence electrons. The quantitative estimate of drug-likeness (QED) is 0.765. The highest BCUT2D eigenvalue weighted by atomic mass is 16.7. The van der Waals surface area contributed by atoms with E-state index in [0.29, 0.717) is 13.1 Å². The number of aromatic nitrogens is 2. The molecule has 0 atom stereocenters. The fraction of sp³-hybridized carbons (Fsp3) is 0.714. The smallest absolute Gasteiger partial charge is 0.399 e. The van der Waals surface area contributed by atoms with Gasteiger partial charge in [-0.25, -0.2) is 0 Å². The SMILES string of the molecule is CC(=O)N(C)CCn1cc(B2OC(C)(C)C(C)(C)O2)cn1. The Morgan fingerprint density at radius 2 is 1.90 bits per heavy atom. The van der Waals surface area contributed by atoms with Gasteiger partial charge in [-0.05, 0) is 27.7 Å². The summed E-state index contributed by atoms with van der Waals surface area (Å²) in [5, 5.41) is 4.31. The van der Waals surface area contributed by atoms with E-state index < -0.39 is 7.12 Å². The second kappa shape index (κ2) is 5.46. The molecule has 1 saturated heterocycles. The van der Waals surface area contributed by atoms with Gasteiger partial charge in [0.25, 0.3) is 0 Å². The summed E-state index contributed by atoms with van der Waals surface area (Å²) in [6, 6.07) is 0. The first kappa shape index (κ1) is 16.0. The first-order chi connectivity index (χ1) is 9.62. The van der Waals surface area contributed by atoms with Gasteiger partial charge in [0.1, 0.15) is 0 Å². The molecule has 0 spiro atoms. The molecule has 21 heavy (non-hydrogen) atoms. The van der Waals surface area contributed by atoms with Crippen molar-refractivity contribution in [1.82, 2.24) is 14.7 Å². The predicted molar refractivity (Wildman–Crippen MR) is 81.3 cm³/mol. The molecule has 1 amide bonds. The molecule has 1 fully saturated rings. The van der Waals surface area contributed by atoms with E-state index in [0.717, 1.165) is 5.46 Å². The molecule has 0 bridgehead atoms. The third-order valence-electron chi connectivity index (χ3n) is 4.38. The van der Waals surface area contributed by atoms with Crippen LogP contribution < -0.4 is 5.46 Å². The van der Waals surface area contributed by atoms with Gasteiger partial charge in [-0.1, -0.05) is 0 Å². The molecule has 2 rings (SSSR count). The Bertz CT molecular complexity index is 511. The Balaban J connectivity index is 2.00. The minimum absolute atomic E-state index is 0.0494. The molecule has 0 N–H and O–H groups in total. The van der Waals surface area contributed by atoms with Crippen LogP contribution in [0.25, 0.3) is 0 Å². The average molecular weight is 293 g/mol. The van der Waals surface area contributed by atoms with Crippen LogP contribution in [0, 0.1) is 0 Å². The van der Waals surface area contributed by atoms with Crippen LogP contribution in [0.2, 0.25) is 0 Å². The van der Waals surface area contributed by atoms with Crippen LogP contribution in [0.1, 0.15) is 34.6 Å². The number of hydrogen-bond donors (Lipinski definition) is 0. The summed E-state index contributed by atoms with van der Waals surface area (Å²) in [6.45, 7) is 10.9. The zero-order chi connectivity index (χ0) is 15.8. The van der Waals surface area contributed by atoms with Crippen molar-refractivity contribution in [1.29, 1.82) is 0 Å². The van der Waals surface area contributed by atoms with E-state index in [-0.39, 0.29) is 17.1 Å². The zero-order valence-electron chi connectivity index (χ0n) is 13.7. The van der Waals surface area contributed by atoms with Crippen LogP contribution in [0.15, 0.2) is 12.4 Å². The normalized spacial score (nSPS) is 19.8. The minimum Gasteiger partial charge on any atom is -0.399 e. The lowest BCUT2D eigenvalue weighted by Crippen LogP contribution is -2.41. The number of carbonyl (C=O) groups excluding carboxylic acids is 1. The van der Waals surface area contributed by atoms with Gasteiger partial charge in [-0.2, -0.15) is 5.10 Å². The van der Waals surface area contributed by atoms with E-state index in [1.807, 2.05) is 33.9 Å². The predicted octanol–water partition coefficient (Wildman–Crippen LogP) is 0.661. The van der Waals surface area contributed by atoms with Crippen molar-refractivity contribution in [3.05, 3.63) is 12.4 Å². The lowest BCUT2D eigenvalue weighted by molar-refractivity contribution is -0.127. The molecular formula is C14H24BN3O3. The van der Waals surface area contributed by atoms with Crippen LogP contribution in [0.3, 0.4) is 0 Å². The van der Waals surface area contributed by atoms with Crippen molar-refractivity contribution in [2.24, 2.45) is 0 Å². The summed E-state index contributed by atoms with van der Waals surface area (Å²) in [4.78, 5) is 12.8. The molecular weight excluding hydrogens is 269 g/mol. The van der Waals surface area contributed by atoms with Gasteiger partial charge >= 0.3 is 7.12 Å². The third-order valence-corrected chi connectivity index (χ3v) is 4.38. The fourth-order valence-corrected chi connectivity index (χ4v) is 2.01. The van der Waals surface area contributed by atoms with Gasteiger partial charge in [-0.3, -0.25) is 9.48 Å². The Labute approximate surface area is 126 Å². The van der Waals surface area contributed by atoms with Crippen LogP contribution in [0.5, 0.6) is 0 Å². The molecule has 6 nitrogen and oxygen atoms in total. The Kier molecular flexibility index (Phi) is 4.17. The first-order valence-corrected chi connectivity index (χ1v) is 7.22. The largest absolute Gasteiger partial charge is 0.498 e. The summed E-state index contributed by atoms with van der Waals surface area (Å²) in [6.07, 6.45) is 3.67.